The Labute approximate surface area is 214 Å². The zero-order valence-corrected chi connectivity index (χ0v) is 21.0. The Hall–Kier alpha value is -4.34. The Kier molecular flexibility index (Phi) is 7.07. The van der Waals surface area contributed by atoms with Crippen molar-refractivity contribution in [3.8, 4) is 28.6 Å². The van der Waals surface area contributed by atoms with Crippen molar-refractivity contribution in [3.05, 3.63) is 65.7 Å². The van der Waals surface area contributed by atoms with Gasteiger partial charge in [-0.15, -0.1) is 0 Å². The molecule has 1 saturated carbocycles. The average Bonchev–Trinajstić information content (AvgIpc) is 3.28. The molecule has 10 nitrogen and oxygen atoms in total. The lowest BCUT2D eigenvalue weighted by molar-refractivity contribution is -0.152. The van der Waals surface area contributed by atoms with Crippen LogP contribution in [0.25, 0.3) is 22.8 Å². The largest absolute Gasteiger partial charge is 0.491 e. The zero-order chi connectivity index (χ0) is 25.8. The van der Waals surface area contributed by atoms with Crippen molar-refractivity contribution in [1.82, 2.24) is 25.1 Å². The molecule has 10 heteroatoms. The molecule has 37 heavy (non-hydrogen) atoms. The molecule has 2 atom stereocenters. The second-order valence-electron chi connectivity index (χ2n) is 8.97. The molecular weight excluding hydrogens is 472 g/mol. The molecule has 4 heterocycles. The molecule has 4 aromatic heterocycles. The topological polar surface area (TPSA) is 125 Å². The van der Waals surface area contributed by atoms with Crippen LogP contribution in [0, 0.1) is 25.7 Å². The molecule has 0 aliphatic heterocycles. The van der Waals surface area contributed by atoms with E-state index in [1.807, 2.05) is 50.2 Å². The third-order valence-electron chi connectivity index (χ3n) is 6.64. The second-order valence-corrected chi connectivity index (χ2v) is 8.97. The Morgan fingerprint density at radius 1 is 1.00 bits per heavy atom. The summed E-state index contributed by atoms with van der Waals surface area (Å²) < 4.78 is 16.5. The Morgan fingerprint density at radius 2 is 1.89 bits per heavy atom. The van der Waals surface area contributed by atoms with E-state index in [1.165, 1.54) is 7.11 Å². The minimum atomic E-state index is -0.166. The van der Waals surface area contributed by atoms with Gasteiger partial charge in [-0.2, -0.15) is 0 Å². The summed E-state index contributed by atoms with van der Waals surface area (Å²) in [6, 6.07) is 11.2. The van der Waals surface area contributed by atoms with Crippen LogP contribution in [0.1, 0.15) is 29.8 Å². The molecule has 190 valence electrons. The van der Waals surface area contributed by atoms with E-state index in [0.717, 1.165) is 41.2 Å². The number of hydrogen-bond acceptors (Lipinski definition) is 10. The third kappa shape index (κ3) is 5.28. The highest BCUT2D eigenvalue weighted by molar-refractivity contribution is 5.73. The van der Waals surface area contributed by atoms with Crippen LogP contribution in [0.5, 0.6) is 5.75 Å². The third-order valence-corrected chi connectivity index (χ3v) is 6.64. The average molecular weight is 501 g/mol. The Morgan fingerprint density at radius 3 is 2.62 bits per heavy atom. The lowest BCUT2D eigenvalue weighted by atomic mass is 9.74. The van der Waals surface area contributed by atoms with Crippen LogP contribution in [0.2, 0.25) is 0 Å². The van der Waals surface area contributed by atoms with Crippen LogP contribution in [0.15, 0.2) is 53.3 Å². The van der Waals surface area contributed by atoms with Gasteiger partial charge in [-0.05, 0) is 57.0 Å². The maximum Gasteiger partial charge on any atom is 0.309 e. The molecule has 4 aromatic rings. The number of anilines is 1. The van der Waals surface area contributed by atoms with Gasteiger partial charge in [0.15, 0.2) is 5.76 Å². The van der Waals surface area contributed by atoms with Gasteiger partial charge in [0, 0.05) is 30.4 Å². The van der Waals surface area contributed by atoms with Crippen LogP contribution in [0.3, 0.4) is 0 Å². The monoisotopic (exact) mass is 500 g/mol. The molecule has 0 radical (unpaired) electrons. The maximum absolute atomic E-state index is 11.8. The van der Waals surface area contributed by atoms with E-state index in [0.29, 0.717) is 36.3 Å². The first-order valence-electron chi connectivity index (χ1n) is 12.2. The van der Waals surface area contributed by atoms with Crippen LogP contribution in [0.4, 0.5) is 5.95 Å². The minimum absolute atomic E-state index is 0.0848. The maximum atomic E-state index is 11.8. The van der Waals surface area contributed by atoms with Crippen molar-refractivity contribution >= 4 is 11.9 Å². The SMILES string of the molecule is COC(=O)[C@@H]1CC[C@H]1COc1ccc(-c2onc(C)c2CNc2nccc(-c3ccccn3)n2)nc1C. The standard InChI is InChI=1S/C27H28N6O4/c1-16-20(14-30-27-29-13-11-22(32-27)21-6-4-5-12-28-21)25(37-33-16)23-9-10-24(17(2)31-23)36-15-18-7-8-19(18)26(34)35-3/h4-6,9-13,18-19H,7-8,14-15H2,1-3H3,(H,29,30,32)/t18-,19+/m0/s1. The van der Waals surface area contributed by atoms with E-state index >= 15 is 0 Å². The summed E-state index contributed by atoms with van der Waals surface area (Å²) in [6.45, 7) is 4.63. The molecule has 0 aromatic carbocycles. The normalized spacial score (nSPS) is 16.6. The van der Waals surface area contributed by atoms with Gasteiger partial charge in [0.2, 0.25) is 5.95 Å². The lowest BCUT2D eigenvalue weighted by Crippen LogP contribution is -2.37. The lowest BCUT2D eigenvalue weighted by Gasteiger charge is -2.34. The molecule has 0 bridgehead atoms. The number of carbonyl (C=O) groups excluding carboxylic acids is 1. The number of pyridine rings is 2. The zero-order valence-electron chi connectivity index (χ0n) is 21.0. The molecule has 5 rings (SSSR count). The predicted octanol–water partition coefficient (Wildman–Crippen LogP) is 4.40. The first-order chi connectivity index (χ1) is 18.0. The number of ether oxygens (including phenoxy) is 2. The van der Waals surface area contributed by atoms with Crippen LogP contribution in [-0.2, 0) is 16.1 Å². The summed E-state index contributed by atoms with van der Waals surface area (Å²) in [6.07, 6.45) is 5.22. The van der Waals surface area contributed by atoms with Gasteiger partial charge in [-0.1, -0.05) is 11.2 Å². The predicted molar refractivity (Wildman–Crippen MR) is 136 cm³/mol. The number of nitrogens with zero attached hydrogens (tertiary/aromatic N) is 5. The molecular formula is C27H28N6O4. The summed E-state index contributed by atoms with van der Waals surface area (Å²) in [4.78, 5) is 29.8. The molecule has 0 saturated heterocycles. The van der Waals surface area contributed by atoms with E-state index in [2.05, 4.69) is 25.4 Å². The molecule has 1 aliphatic carbocycles. The van der Waals surface area contributed by atoms with Gasteiger partial charge in [0.05, 0.1) is 42.4 Å². The number of hydrogen-bond donors (Lipinski definition) is 1. The van der Waals surface area contributed by atoms with E-state index < -0.39 is 0 Å². The summed E-state index contributed by atoms with van der Waals surface area (Å²) in [5.74, 6) is 1.64. The Balaban J connectivity index is 1.27. The number of aryl methyl sites for hydroxylation is 2. The number of rotatable bonds is 9. The smallest absolute Gasteiger partial charge is 0.309 e. The Bertz CT molecular complexity index is 1390. The summed E-state index contributed by atoms with van der Waals surface area (Å²) >= 11 is 0. The van der Waals surface area contributed by atoms with Gasteiger partial charge < -0.3 is 19.3 Å². The van der Waals surface area contributed by atoms with Crippen molar-refractivity contribution in [2.75, 3.05) is 19.0 Å². The van der Waals surface area contributed by atoms with Crippen molar-refractivity contribution in [2.24, 2.45) is 11.8 Å². The van der Waals surface area contributed by atoms with Crippen molar-refractivity contribution < 1.29 is 18.8 Å². The van der Waals surface area contributed by atoms with Gasteiger partial charge in [0.1, 0.15) is 11.4 Å². The molecule has 0 unspecified atom stereocenters. The fourth-order valence-electron chi connectivity index (χ4n) is 4.32. The fourth-order valence-corrected chi connectivity index (χ4v) is 4.32. The fraction of sp³-hybridized carbons (Fsp3) is 0.333. The molecule has 1 N–H and O–H groups in total. The number of aromatic nitrogens is 5. The number of carbonyl (C=O) groups is 1. The number of esters is 1. The quantitative estimate of drug-likeness (QED) is 0.331. The minimum Gasteiger partial charge on any atom is -0.491 e. The van der Waals surface area contributed by atoms with Gasteiger partial charge >= 0.3 is 5.97 Å². The summed E-state index contributed by atoms with van der Waals surface area (Å²) in [5, 5.41) is 7.41. The highest BCUT2D eigenvalue weighted by Crippen LogP contribution is 2.36. The van der Waals surface area contributed by atoms with Gasteiger partial charge in [-0.25, -0.2) is 15.0 Å². The number of methoxy groups -OCH3 is 1. The van der Waals surface area contributed by atoms with Crippen LogP contribution >= 0.6 is 0 Å². The van der Waals surface area contributed by atoms with E-state index in [9.17, 15) is 4.79 Å². The molecule has 1 aliphatic rings. The first-order valence-corrected chi connectivity index (χ1v) is 12.2. The van der Waals surface area contributed by atoms with E-state index in [-0.39, 0.29) is 17.8 Å². The van der Waals surface area contributed by atoms with Gasteiger partial charge in [-0.3, -0.25) is 9.78 Å². The molecule has 0 amide bonds. The second kappa shape index (κ2) is 10.7. The highest BCUT2D eigenvalue weighted by Gasteiger charge is 2.37. The number of nitrogens with one attached hydrogen (secondary N) is 1. The molecule has 1 fully saturated rings. The van der Waals surface area contributed by atoms with Crippen molar-refractivity contribution in [2.45, 2.75) is 33.2 Å². The van der Waals surface area contributed by atoms with E-state index in [1.54, 1.807) is 12.4 Å². The van der Waals surface area contributed by atoms with E-state index in [4.69, 9.17) is 19.0 Å². The van der Waals surface area contributed by atoms with Crippen LogP contribution < -0.4 is 10.1 Å². The highest BCUT2D eigenvalue weighted by atomic mass is 16.5. The van der Waals surface area contributed by atoms with Crippen molar-refractivity contribution in [3.63, 3.8) is 0 Å². The van der Waals surface area contributed by atoms with Gasteiger partial charge in [0.25, 0.3) is 0 Å². The van der Waals surface area contributed by atoms with Crippen LogP contribution in [-0.4, -0.2) is 44.8 Å². The summed E-state index contributed by atoms with van der Waals surface area (Å²) in [5.41, 5.74) is 4.50. The molecule has 0 spiro atoms. The summed E-state index contributed by atoms with van der Waals surface area (Å²) in [7, 11) is 1.42. The first kappa shape index (κ1) is 24.4. The van der Waals surface area contributed by atoms with Crippen molar-refractivity contribution in [1.29, 1.82) is 0 Å².